The van der Waals surface area contributed by atoms with Crippen molar-refractivity contribution in [3.63, 3.8) is 0 Å². The van der Waals surface area contributed by atoms with Crippen LogP contribution in [-0.2, 0) is 4.74 Å². The zero-order valence-electron chi connectivity index (χ0n) is 19.6. The van der Waals surface area contributed by atoms with Gasteiger partial charge in [0.2, 0.25) is 5.95 Å². The first-order valence-corrected chi connectivity index (χ1v) is 11.4. The molecule has 9 heteroatoms. The van der Waals surface area contributed by atoms with Crippen LogP contribution in [0.15, 0.2) is 60.8 Å². The molecule has 34 heavy (non-hydrogen) atoms. The van der Waals surface area contributed by atoms with Crippen LogP contribution in [0.4, 0.5) is 27.8 Å². The monoisotopic (exact) mass is 461 g/mol. The fourth-order valence-corrected chi connectivity index (χ4v) is 3.58. The largest absolute Gasteiger partial charge is 0.378 e. The highest BCUT2D eigenvalue weighted by Gasteiger charge is 2.11. The van der Waals surface area contributed by atoms with Crippen LogP contribution in [0.5, 0.6) is 0 Å². The minimum Gasteiger partial charge on any atom is -0.378 e. The lowest BCUT2D eigenvalue weighted by molar-refractivity contribution is 0.122. The van der Waals surface area contributed by atoms with E-state index in [0.29, 0.717) is 12.5 Å². The summed E-state index contributed by atoms with van der Waals surface area (Å²) in [5, 5.41) is 8.95. The molecule has 0 atom stereocenters. The van der Waals surface area contributed by atoms with Crippen LogP contribution >= 0.6 is 0 Å². The molecule has 3 N–H and O–H groups in total. The van der Waals surface area contributed by atoms with E-state index in [2.05, 4.69) is 43.0 Å². The van der Waals surface area contributed by atoms with Crippen molar-refractivity contribution in [3.05, 3.63) is 60.8 Å². The van der Waals surface area contributed by atoms with Crippen LogP contribution in [0, 0.1) is 0 Å². The second-order valence-corrected chi connectivity index (χ2v) is 8.30. The maximum atomic E-state index is 12.0. The second kappa shape index (κ2) is 11.4. The summed E-state index contributed by atoms with van der Waals surface area (Å²) in [7, 11) is 3.93. The van der Waals surface area contributed by atoms with Crippen molar-refractivity contribution in [3.8, 4) is 11.3 Å². The van der Waals surface area contributed by atoms with Gasteiger partial charge in [-0.3, -0.25) is 0 Å². The molecule has 0 saturated carbocycles. The van der Waals surface area contributed by atoms with E-state index in [1.807, 2.05) is 61.5 Å². The number of anilines is 4. The van der Waals surface area contributed by atoms with Crippen molar-refractivity contribution in [1.29, 1.82) is 0 Å². The highest BCUT2D eigenvalue weighted by atomic mass is 16.5. The van der Waals surface area contributed by atoms with Gasteiger partial charge in [0.25, 0.3) is 0 Å². The molecule has 0 unspecified atom stereocenters. The smallest absolute Gasteiger partial charge is 0.319 e. The summed E-state index contributed by atoms with van der Waals surface area (Å²) in [5.74, 6) is 0.527. The van der Waals surface area contributed by atoms with Crippen LogP contribution in [0.1, 0.15) is 0 Å². The molecule has 3 aromatic rings. The molecule has 1 aliphatic rings. The van der Waals surface area contributed by atoms with Gasteiger partial charge in [-0.25, -0.2) is 14.8 Å². The molecule has 0 spiro atoms. The first kappa shape index (κ1) is 23.5. The first-order chi connectivity index (χ1) is 16.6. The summed E-state index contributed by atoms with van der Waals surface area (Å²) < 4.78 is 5.42. The molecule has 1 aliphatic heterocycles. The fourth-order valence-electron chi connectivity index (χ4n) is 3.58. The molecular formula is C25H31N7O2. The standard InChI is InChI=1S/C25H31N7O2/c1-31(2)14-13-27-25(33)29-21-5-3-19(4-6-21)23-11-12-26-24(30-23)28-20-7-9-22(10-8-20)32-15-17-34-18-16-32/h3-12H,13-18H2,1-2H3,(H,26,28,30)(H2,27,29,33). The Morgan fingerprint density at radius 2 is 1.71 bits per heavy atom. The van der Waals surface area contributed by atoms with Crippen molar-refractivity contribution in [1.82, 2.24) is 20.2 Å². The maximum absolute atomic E-state index is 12.0. The lowest BCUT2D eigenvalue weighted by atomic mass is 10.1. The summed E-state index contributed by atoms with van der Waals surface area (Å²) in [4.78, 5) is 25.3. The number of rotatable bonds is 8. The Balaban J connectivity index is 1.35. The number of carbonyl (C=O) groups excluding carboxylic acids is 1. The van der Waals surface area contributed by atoms with Crippen LogP contribution in [0.3, 0.4) is 0 Å². The van der Waals surface area contributed by atoms with E-state index >= 15 is 0 Å². The van der Waals surface area contributed by atoms with Gasteiger partial charge in [0, 0.05) is 55.0 Å². The lowest BCUT2D eigenvalue weighted by Crippen LogP contribution is -2.36. The number of nitrogens with zero attached hydrogens (tertiary/aromatic N) is 4. The molecule has 2 heterocycles. The number of benzene rings is 2. The van der Waals surface area contributed by atoms with E-state index in [9.17, 15) is 4.79 Å². The lowest BCUT2D eigenvalue weighted by Gasteiger charge is -2.28. The zero-order valence-corrected chi connectivity index (χ0v) is 19.6. The normalized spacial score (nSPS) is 13.6. The van der Waals surface area contributed by atoms with Gasteiger partial charge < -0.3 is 30.5 Å². The van der Waals surface area contributed by atoms with Gasteiger partial charge in [0.15, 0.2) is 0 Å². The summed E-state index contributed by atoms with van der Waals surface area (Å²) in [6, 6.07) is 17.5. The quantitative estimate of drug-likeness (QED) is 0.473. The number of nitrogens with one attached hydrogen (secondary N) is 3. The van der Waals surface area contributed by atoms with Gasteiger partial charge in [-0.15, -0.1) is 0 Å². The Hall–Kier alpha value is -3.69. The van der Waals surface area contributed by atoms with E-state index in [4.69, 9.17) is 4.74 Å². The van der Waals surface area contributed by atoms with Gasteiger partial charge in [-0.2, -0.15) is 0 Å². The molecule has 0 radical (unpaired) electrons. The van der Waals surface area contributed by atoms with E-state index in [0.717, 1.165) is 55.5 Å². The third kappa shape index (κ3) is 6.66. The Bertz CT molecular complexity index is 1070. The molecule has 0 aliphatic carbocycles. The van der Waals surface area contributed by atoms with E-state index in [1.165, 1.54) is 5.69 Å². The molecule has 0 bridgehead atoms. The van der Waals surface area contributed by atoms with Crippen LogP contribution in [0.2, 0.25) is 0 Å². The third-order valence-corrected chi connectivity index (χ3v) is 5.44. The molecule has 9 nitrogen and oxygen atoms in total. The average molecular weight is 462 g/mol. The highest BCUT2D eigenvalue weighted by Crippen LogP contribution is 2.23. The van der Waals surface area contributed by atoms with Crippen molar-refractivity contribution >= 4 is 29.0 Å². The number of hydrogen-bond acceptors (Lipinski definition) is 7. The maximum Gasteiger partial charge on any atom is 0.319 e. The van der Waals surface area contributed by atoms with Gasteiger partial charge in [-0.1, -0.05) is 12.1 Å². The van der Waals surface area contributed by atoms with Crippen molar-refractivity contribution < 1.29 is 9.53 Å². The van der Waals surface area contributed by atoms with Gasteiger partial charge in [-0.05, 0) is 56.6 Å². The topological polar surface area (TPSA) is 94.7 Å². The molecule has 1 saturated heterocycles. The summed E-state index contributed by atoms with van der Waals surface area (Å²) in [6.07, 6.45) is 1.73. The second-order valence-electron chi connectivity index (χ2n) is 8.30. The zero-order chi connectivity index (χ0) is 23.8. The predicted molar refractivity (Wildman–Crippen MR) is 136 cm³/mol. The Morgan fingerprint density at radius 3 is 2.41 bits per heavy atom. The number of amides is 2. The van der Waals surface area contributed by atoms with E-state index < -0.39 is 0 Å². The molecule has 4 rings (SSSR count). The number of carbonyl (C=O) groups is 1. The summed E-state index contributed by atoms with van der Waals surface area (Å²) in [5.41, 5.74) is 4.56. The van der Waals surface area contributed by atoms with Crippen LogP contribution < -0.4 is 20.9 Å². The minimum absolute atomic E-state index is 0.220. The number of ether oxygens (including phenoxy) is 1. The highest BCUT2D eigenvalue weighted by molar-refractivity contribution is 5.89. The Labute approximate surface area is 200 Å². The van der Waals surface area contributed by atoms with E-state index in [1.54, 1.807) is 6.20 Å². The predicted octanol–water partition coefficient (Wildman–Crippen LogP) is 3.41. The molecule has 1 fully saturated rings. The van der Waals surface area contributed by atoms with Crippen LogP contribution in [0.25, 0.3) is 11.3 Å². The Morgan fingerprint density at radius 1 is 1.00 bits per heavy atom. The van der Waals surface area contributed by atoms with Crippen molar-refractivity contribution in [2.45, 2.75) is 0 Å². The van der Waals surface area contributed by atoms with Gasteiger partial charge >= 0.3 is 6.03 Å². The number of morpholine rings is 1. The molecule has 2 aromatic carbocycles. The van der Waals surface area contributed by atoms with Gasteiger partial charge in [0.05, 0.1) is 18.9 Å². The first-order valence-electron chi connectivity index (χ1n) is 11.4. The van der Waals surface area contributed by atoms with E-state index in [-0.39, 0.29) is 6.03 Å². The van der Waals surface area contributed by atoms with Gasteiger partial charge in [0.1, 0.15) is 0 Å². The van der Waals surface area contributed by atoms with Crippen molar-refractivity contribution in [2.75, 3.05) is 69.0 Å². The van der Waals surface area contributed by atoms with Crippen molar-refractivity contribution in [2.24, 2.45) is 0 Å². The fraction of sp³-hybridized carbons (Fsp3) is 0.320. The molecule has 178 valence electrons. The summed E-state index contributed by atoms with van der Waals surface area (Å²) >= 11 is 0. The third-order valence-electron chi connectivity index (χ3n) is 5.44. The average Bonchev–Trinajstić information content (AvgIpc) is 2.85. The molecule has 2 amide bonds. The number of aromatic nitrogens is 2. The number of hydrogen-bond donors (Lipinski definition) is 3. The SMILES string of the molecule is CN(C)CCNC(=O)Nc1ccc(-c2ccnc(Nc3ccc(N4CCOCC4)cc3)n2)cc1. The minimum atomic E-state index is -0.220. The summed E-state index contributed by atoms with van der Waals surface area (Å²) in [6.45, 7) is 4.72. The number of urea groups is 1. The molecular weight excluding hydrogens is 430 g/mol. The molecule has 1 aromatic heterocycles. The van der Waals surface area contributed by atoms with Crippen LogP contribution in [-0.4, -0.2) is 74.4 Å². The Kier molecular flexibility index (Phi) is 7.90. The number of likely N-dealkylation sites (N-methyl/N-ethyl adjacent to an activating group) is 1.